The van der Waals surface area contributed by atoms with Crippen molar-refractivity contribution in [2.75, 3.05) is 18.4 Å². The van der Waals surface area contributed by atoms with Crippen LogP contribution in [-0.4, -0.2) is 31.7 Å². The van der Waals surface area contributed by atoms with E-state index in [1.807, 2.05) is 39.8 Å². The quantitative estimate of drug-likeness (QED) is 0.840. The second kappa shape index (κ2) is 8.01. The van der Waals surface area contributed by atoms with Crippen LogP contribution in [0.15, 0.2) is 41.3 Å². The van der Waals surface area contributed by atoms with Gasteiger partial charge in [-0.05, 0) is 51.0 Å². The van der Waals surface area contributed by atoms with Gasteiger partial charge in [0.25, 0.3) is 0 Å². The molecule has 6 heteroatoms. The van der Waals surface area contributed by atoms with Crippen LogP contribution in [0.4, 0.5) is 5.69 Å². The maximum Gasteiger partial charge on any atom is 0.243 e. The van der Waals surface area contributed by atoms with Crippen LogP contribution >= 0.6 is 0 Å². The van der Waals surface area contributed by atoms with Gasteiger partial charge in [0.05, 0.1) is 11.4 Å². The molecule has 0 aliphatic rings. The number of likely N-dealkylation sites (N-methyl/N-ethyl adjacent to an activating group) is 1. The molecule has 5 nitrogen and oxygen atoms in total. The Morgan fingerprint density at radius 1 is 0.962 bits per heavy atom. The van der Waals surface area contributed by atoms with Crippen molar-refractivity contribution < 1.29 is 13.2 Å². The lowest BCUT2D eigenvalue weighted by atomic mass is 10.1. The summed E-state index contributed by atoms with van der Waals surface area (Å²) in [6.07, 6.45) is 0. The number of anilines is 1. The Balaban J connectivity index is 2.19. The van der Waals surface area contributed by atoms with Crippen molar-refractivity contribution in [3.05, 3.63) is 58.7 Å². The number of nitrogens with one attached hydrogen (secondary N) is 1. The fourth-order valence-corrected chi connectivity index (χ4v) is 4.35. The standard InChI is InChI=1S/C20H26N2O3S/c1-6-22(26(24,25)18-9-7-14(2)8-10-18)13-19(23)21-20-16(4)11-15(3)12-17(20)5/h7-12H,6,13H2,1-5H3,(H,21,23). The van der Waals surface area contributed by atoms with Gasteiger partial charge in [0.1, 0.15) is 0 Å². The van der Waals surface area contributed by atoms with Crippen LogP contribution in [0.3, 0.4) is 0 Å². The molecule has 2 rings (SSSR count). The minimum absolute atomic E-state index is 0.195. The molecule has 0 fully saturated rings. The second-order valence-corrected chi connectivity index (χ2v) is 8.50. The van der Waals surface area contributed by atoms with E-state index in [4.69, 9.17) is 0 Å². The first kappa shape index (κ1) is 20.1. The number of carbonyl (C=O) groups excluding carboxylic acids is 1. The summed E-state index contributed by atoms with van der Waals surface area (Å²) >= 11 is 0. The molecule has 1 N–H and O–H groups in total. The zero-order valence-corrected chi connectivity index (χ0v) is 16.8. The molecule has 0 heterocycles. The van der Waals surface area contributed by atoms with Crippen LogP contribution in [-0.2, 0) is 14.8 Å². The third-order valence-electron chi connectivity index (χ3n) is 4.27. The summed E-state index contributed by atoms with van der Waals surface area (Å²) < 4.78 is 26.8. The maximum atomic E-state index is 12.8. The van der Waals surface area contributed by atoms with E-state index in [1.54, 1.807) is 31.2 Å². The summed E-state index contributed by atoms with van der Waals surface area (Å²) in [5.41, 5.74) is 4.76. The van der Waals surface area contributed by atoms with Crippen LogP contribution in [0.1, 0.15) is 29.2 Å². The SMILES string of the molecule is CCN(CC(=O)Nc1c(C)cc(C)cc1C)S(=O)(=O)c1ccc(C)cc1. The Morgan fingerprint density at radius 2 is 1.50 bits per heavy atom. The summed E-state index contributed by atoms with van der Waals surface area (Å²) in [6, 6.07) is 10.6. The first-order valence-corrected chi connectivity index (χ1v) is 10.0. The molecule has 26 heavy (non-hydrogen) atoms. The Morgan fingerprint density at radius 3 is 2.00 bits per heavy atom. The zero-order chi connectivity index (χ0) is 19.5. The number of hydrogen-bond donors (Lipinski definition) is 1. The van der Waals surface area contributed by atoms with Crippen molar-refractivity contribution >= 4 is 21.6 Å². The van der Waals surface area contributed by atoms with E-state index >= 15 is 0 Å². The topological polar surface area (TPSA) is 66.5 Å². The fourth-order valence-electron chi connectivity index (χ4n) is 2.94. The number of hydrogen-bond acceptors (Lipinski definition) is 3. The number of aryl methyl sites for hydroxylation is 4. The summed E-state index contributed by atoms with van der Waals surface area (Å²) in [5, 5.41) is 2.86. The minimum atomic E-state index is -3.71. The Bertz CT molecular complexity index is 880. The summed E-state index contributed by atoms with van der Waals surface area (Å²) in [5.74, 6) is -0.349. The first-order chi connectivity index (χ1) is 12.1. The van der Waals surface area contributed by atoms with Gasteiger partial charge in [-0.2, -0.15) is 4.31 Å². The molecule has 0 aliphatic carbocycles. The highest BCUT2D eigenvalue weighted by molar-refractivity contribution is 7.89. The van der Waals surface area contributed by atoms with Crippen molar-refractivity contribution in [1.29, 1.82) is 0 Å². The molecule has 0 spiro atoms. The van der Waals surface area contributed by atoms with Gasteiger partial charge in [0, 0.05) is 12.2 Å². The minimum Gasteiger partial charge on any atom is -0.324 e. The Labute approximate surface area is 156 Å². The van der Waals surface area contributed by atoms with Crippen LogP contribution in [0.2, 0.25) is 0 Å². The molecule has 0 bridgehead atoms. The van der Waals surface area contributed by atoms with E-state index in [9.17, 15) is 13.2 Å². The highest BCUT2D eigenvalue weighted by Gasteiger charge is 2.25. The molecule has 0 radical (unpaired) electrons. The summed E-state index contributed by atoms with van der Waals surface area (Å²) in [4.78, 5) is 12.7. The van der Waals surface area contributed by atoms with Crippen molar-refractivity contribution in [3.63, 3.8) is 0 Å². The molecule has 0 aromatic heterocycles. The van der Waals surface area contributed by atoms with Gasteiger partial charge in [-0.25, -0.2) is 8.42 Å². The van der Waals surface area contributed by atoms with Crippen molar-refractivity contribution in [3.8, 4) is 0 Å². The molecule has 0 unspecified atom stereocenters. The van der Waals surface area contributed by atoms with Crippen LogP contribution in [0.5, 0.6) is 0 Å². The highest BCUT2D eigenvalue weighted by atomic mass is 32.2. The average molecular weight is 375 g/mol. The molecule has 0 saturated carbocycles. The van der Waals surface area contributed by atoms with Gasteiger partial charge >= 0.3 is 0 Å². The predicted octanol–water partition coefficient (Wildman–Crippen LogP) is 3.57. The van der Waals surface area contributed by atoms with Gasteiger partial charge in [-0.15, -0.1) is 0 Å². The molecule has 0 saturated heterocycles. The fraction of sp³-hybridized carbons (Fsp3) is 0.350. The smallest absolute Gasteiger partial charge is 0.243 e. The van der Waals surface area contributed by atoms with Crippen LogP contribution in [0.25, 0.3) is 0 Å². The molecular formula is C20H26N2O3S. The number of sulfonamides is 1. The monoisotopic (exact) mass is 374 g/mol. The Kier molecular flexibility index (Phi) is 6.21. The largest absolute Gasteiger partial charge is 0.324 e. The van der Waals surface area contributed by atoms with Crippen LogP contribution < -0.4 is 5.32 Å². The van der Waals surface area contributed by atoms with E-state index in [2.05, 4.69) is 5.32 Å². The van der Waals surface area contributed by atoms with Gasteiger partial charge in [-0.3, -0.25) is 4.79 Å². The summed E-state index contributed by atoms with van der Waals surface area (Å²) in [7, 11) is -3.71. The zero-order valence-electron chi connectivity index (χ0n) is 16.0. The first-order valence-electron chi connectivity index (χ1n) is 8.59. The lowest BCUT2D eigenvalue weighted by molar-refractivity contribution is -0.116. The van der Waals surface area contributed by atoms with Crippen molar-refractivity contribution in [2.45, 2.75) is 39.5 Å². The van der Waals surface area contributed by atoms with E-state index in [0.29, 0.717) is 0 Å². The molecule has 0 atom stereocenters. The third-order valence-corrected chi connectivity index (χ3v) is 6.21. The van der Waals surface area contributed by atoms with Gasteiger partial charge in [0.15, 0.2) is 0 Å². The average Bonchev–Trinajstić information content (AvgIpc) is 2.56. The number of nitrogens with zero attached hydrogens (tertiary/aromatic N) is 1. The summed E-state index contributed by atoms with van der Waals surface area (Å²) in [6.45, 7) is 9.47. The maximum absolute atomic E-state index is 12.8. The number of amides is 1. The third kappa shape index (κ3) is 4.51. The normalized spacial score (nSPS) is 11.6. The number of rotatable bonds is 6. The van der Waals surface area contributed by atoms with Crippen molar-refractivity contribution in [2.24, 2.45) is 0 Å². The van der Waals surface area contributed by atoms with E-state index in [0.717, 1.165) is 27.9 Å². The van der Waals surface area contributed by atoms with Crippen molar-refractivity contribution in [1.82, 2.24) is 4.31 Å². The molecule has 2 aromatic rings. The van der Waals surface area contributed by atoms with Gasteiger partial charge < -0.3 is 5.32 Å². The number of carbonyl (C=O) groups is 1. The van der Waals surface area contributed by atoms with Gasteiger partial charge in [-0.1, -0.05) is 42.3 Å². The van der Waals surface area contributed by atoms with Crippen LogP contribution in [0, 0.1) is 27.7 Å². The second-order valence-electron chi connectivity index (χ2n) is 6.57. The number of benzene rings is 2. The highest BCUT2D eigenvalue weighted by Crippen LogP contribution is 2.22. The molecule has 0 aliphatic heterocycles. The molecule has 1 amide bonds. The van der Waals surface area contributed by atoms with E-state index < -0.39 is 10.0 Å². The molecule has 2 aromatic carbocycles. The lowest BCUT2D eigenvalue weighted by Crippen LogP contribution is -2.38. The predicted molar refractivity (Wildman–Crippen MR) is 105 cm³/mol. The Hall–Kier alpha value is -2.18. The molecule has 140 valence electrons. The van der Waals surface area contributed by atoms with E-state index in [-0.39, 0.29) is 23.9 Å². The lowest BCUT2D eigenvalue weighted by Gasteiger charge is -2.21. The molecular weight excluding hydrogens is 348 g/mol. The van der Waals surface area contributed by atoms with E-state index in [1.165, 1.54) is 4.31 Å². The van der Waals surface area contributed by atoms with Gasteiger partial charge in [0.2, 0.25) is 15.9 Å².